The van der Waals surface area contributed by atoms with Gasteiger partial charge in [0, 0.05) is 49.7 Å². The van der Waals surface area contributed by atoms with Crippen LogP contribution in [0.4, 0.5) is 0 Å². The normalized spacial score (nSPS) is 28.9. The van der Waals surface area contributed by atoms with Gasteiger partial charge in [-0.3, -0.25) is 9.80 Å². The predicted octanol–water partition coefficient (Wildman–Crippen LogP) is 1.92. The summed E-state index contributed by atoms with van der Waals surface area (Å²) in [5, 5.41) is 7.01. The molecule has 4 nitrogen and oxygen atoms in total. The lowest BCUT2D eigenvalue weighted by Crippen LogP contribution is -2.54. The third kappa shape index (κ3) is 3.58. The third-order valence-corrected chi connectivity index (χ3v) is 5.44. The number of hydrogen-bond donors (Lipinski definition) is 1. The number of nitrogens with zero attached hydrogens (tertiary/aromatic N) is 3. The molecule has 0 radical (unpaired) electrons. The summed E-state index contributed by atoms with van der Waals surface area (Å²) in [5.74, 6) is 0. The van der Waals surface area contributed by atoms with E-state index >= 15 is 0 Å². The molecule has 0 bridgehead atoms. The number of aromatic nitrogens is 1. The minimum atomic E-state index is 0.633. The molecule has 3 rings (SSSR count). The Hall–Kier alpha value is -0.490. The van der Waals surface area contributed by atoms with Gasteiger partial charge in [-0.25, -0.2) is 4.98 Å². The maximum atomic E-state index is 4.77. The number of likely N-dealkylation sites (N-methyl/N-ethyl adjacent to an activating group) is 1. The van der Waals surface area contributed by atoms with Crippen LogP contribution in [0.15, 0.2) is 5.38 Å². The second kappa shape index (κ2) is 6.10. The van der Waals surface area contributed by atoms with Crippen LogP contribution in [0.5, 0.6) is 0 Å². The molecule has 1 aromatic rings. The average Bonchev–Trinajstić information content (AvgIpc) is 3.14. The molecule has 1 aliphatic carbocycles. The fourth-order valence-corrected chi connectivity index (χ4v) is 3.63. The second-order valence-corrected chi connectivity index (χ2v) is 7.39. The van der Waals surface area contributed by atoms with E-state index in [1.54, 1.807) is 11.3 Å². The summed E-state index contributed by atoms with van der Waals surface area (Å²) in [6, 6.07) is 2.03. The van der Waals surface area contributed by atoms with Crippen LogP contribution in [0.25, 0.3) is 0 Å². The quantitative estimate of drug-likeness (QED) is 0.899. The Morgan fingerprint density at radius 2 is 2.00 bits per heavy atom. The summed E-state index contributed by atoms with van der Waals surface area (Å²) < 4.78 is 0. The van der Waals surface area contributed by atoms with Crippen molar-refractivity contribution in [1.82, 2.24) is 20.1 Å². The Balaban J connectivity index is 1.51. The van der Waals surface area contributed by atoms with E-state index in [0.29, 0.717) is 12.1 Å². The lowest BCUT2D eigenvalue weighted by Gasteiger charge is -2.42. The maximum absolute atomic E-state index is 4.77. The Bertz CT molecular complexity index is 431. The highest BCUT2D eigenvalue weighted by Crippen LogP contribution is 2.21. The van der Waals surface area contributed by atoms with Crippen molar-refractivity contribution < 1.29 is 0 Å². The highest BCUT2D eigenvalue weighted by molar-refractivity contribution is 7.09. The van der Waals surface area contributed by atoms with Crippen molar-refractivity contribution >= 4 is 11.3 Å². The van der Waals surface area contributed by atoms with Crippen molar-refractivity contribution in [3.63, 3.8) is 0 Å². The van der Waals surface area contributed by atoms with Crippen LogP contribution in [0.2, 0.25) is 0 Å². The zero-order chi connectivity index (χ0) is 14.1. The van der Waals surface area contributed by atoms with Gasteiger partial charge < -0.3 is 5.32 Å². The van der Waals surface area contributed by atoms with E-state index in [1.165, 1.54) is 23.5 Å². The first kappa shape index (κ1) is 14.4. The fourth-order valence-electron chi connectivity index (χ4n) is 2.89. The van der Waals surface area contributed by atoms with E-state index in [9.17, 15) is 0 Å². The maximum Gasteiger partial charge on any atom is 0.107 e. The van der Waals surface area contributed by atoms with Gasteiger partial charge in [0.2, 0.25) is 0 Å². The molecular formula is C15H26N4S. The number of nitrogens with one attached hydrogen (secondary N) is 1. The van der Waals surface area contributed by atoms with Gasteiger partial charge in [0.25, 0.3) is 0 Å². The van der Waals surface area contributed by atoms with Gasteiger partial charge in [-0.2, -0.15) is 0 Å². The SMILES string of the molecule is CC1CN(Cc2csc(CNC3CC3)n2)CC(C)N1C. The predicted molar refractivity (Wildman–Crippen MR) is 83.9 cm³/mol. The van der Waals surface area contributed by atoms with E-state index < -0.39 is 0 Å². The summed E-state index contributed by atoms with van der Waals surface area (Å²) in [6.07, 6.45) is 2.69. The molecule has 0 amide bonds. The van der Waals surface area contributed by atoms with Crippen molar-refractivity contribution in [2.75, 3.05) is 20.1 Å². The van der Waals surface area contributed by atoms with E-state index in [0.717, 1.165) is 32.2 Å². The summed E-state index contributed by atoms with van der Waals surface area (Å²) in [7, 11) is 2.23. The molecule has 1 saturated carbocycles. The van der Waals surface area contributed by atoms with E-state index in [1.807, 2.05) is 0 Å². The minimum absolute atomic E-state index is 0.633. The lowest BCUT2D eigenvalue weighted by molar-refractivity contribution is 0.0550. The first-order chi connectivity index (χ1) is 9.61. The molecule has 0 spiro atoms. The molecular weight excluding hydrogens is 268 g/mol. The van der Waals surface area contributed by atoms with Crippen LogP contribution >= 0.6 is 11.3 Å². The van der Waals surface area contributed by atoms with Crippen molar-refractivity contribution in [3.05, 3.63) is 16.1 Å². The highest BCUT2D eigenvalue weighted by Gasteiger charge is 2.26. The lowest BCUT2D eigenvalue weighted by atomic mass is 10.1. The van der Waals surface area contributed by atoms with E-state index in [4.69, 9.17) is 4.98 Å². The van der Waals surface area contributed by atoms with Crippen LogP contribution in [0.3, 0.4) is 0 Å². The van der Waals surface area contributed by atoms with Gasteiger partial charge in [0.05, 0.1) is 5.69 Å². The van der Waals surface area contributed by atoms with Crippen molar-refractivity contribution in [1.29, 1.82) is 0 Å². The fraction of sp³-hybridized carbons (Fsp3) is 0.800. The van der Waals surface area contributed by atoms with Crippen molar-refractivity contribution in [2.45, 2.75) is 57.9 Å². The summed E-state index contributed by atoms with van der Waals surface area (Å²) in [5.41, 5.74) is 1.24. The Kier molecular flexibility index (Phi) is 4.40. The van der Waals surface area contributed by atoms with Crippen molar-refractivity contribution in [2.24, 2.45) is 0 Å². The summed E-state index contributed by atoms with van der Waals surface area (Å²) >= 11 is 1.80. The molecule has 20 heavy (non-hydrogen) atoms. The van der Waals surface area contributed by atoms with E-state index in [-0.39, 0.29) is 0 Å². The Labute approximate surface area is 126 Å². The number of hydrogen-bond acceptors (Lipinski definition) is 5. The zero-order valence-corrected chi connectivity index (χ0v) is 13.6. The third-order valence-electron chi connectivity index (χ3n) is 4.54. The van der Waals surface area contributed by atoms with Gasteiger partial charge in [0.1, 0.15) is 5.01 Å². The van der Waals surface area contributed by atoms with Gasteiger partial charge >= 0.3 is 0 Å². The number of rotatable bonds is 5. The molecule has 2 unspecified atom stereocenters. The molecule has 1 saturated heterocycles. The topological polar surface area (TPSA) is 31.4 Å². The molecule has 112 valence electrons. The van der Waals surface area contributed by atoms with Gasteiger partial charge in [-0.1, -0.05) is 0 Å². The molecule has 2 atom stereocenters. The Morgan fingerprint density at radius 1 is 1.30 bits per heavy atom. The second-order valence-electron chi connectivity index (χ2n) is 6.45. The molecule has 1 aliphatic heterocycles. The number of thiazole rings is 1. The molecule has 1 aromatic heterocycles. The monoisotopic (exact) mass is 294 g/mol. The van der Waals surface area contributed by atoms with Gasteiger partial charge in [-0.05, 0) is 33.7 Å². The Morgan fingerprint density at radius 3 is 2.65 bits per heavy atom. The van der Waals surface area contributed by atoms with Gasteiger partial charge in [0.15, 0.2) is 0 Å². The highest BCUT2D eigenvalue weighted by atomic mass is 32.1. The van der Waals surface area contributed by atoms with Crippen LogP contribution in [0, 0.1) is 0 Å². The standard InChI is InChI=1S/C15H26N4S/c1-11-7-19(8-12(2)18(11)3)9-14-10-20-15(17-14)6-16-13-4-5-13/h10-13,16H,4-9H2,1-3H3. The molecule has 2 fully saturated rings. The van der Waals surface area contributed by atoms with Crippen LogP contribution in [0.1, 0.15) is 37.4 Å². The average molecular weight is 294 g/mol. The first-order valence-electron chi connectivity index (χ1n) is 7.73. The van der Waals surface area contributed by atoms with Crippen LogP contribution in [-0.2, 0) is 13.1 Å². The van der Waals surface area contributed by atoms with Crippen molar-refractivity contribution in [3.8, 4) is 0 Å². The van der Waals surface area contributed by atoms with Gasteiger partial charge in [-0.15, -0.1) is 11.3 Å². The minimum Gasteiger partial charge on any atom is -0.308 e. The smallest absolute Gasteiger partial charge is 0.107 e. The molecule has 2 aliphatic rings. The van der Waals surface area contributed by atoms with Crippen LogP contribution in [-0.4, -0.2) is 53.0 Å². The summed E-state index contributed by atoms with van der Waals surface area (Å²) in [6.45, 7) is 8.87. The summed E-state index contributed by atoms with van der Waals surface area (Å²) in [4.78, 5) is 9.79. The van der Waals surface area contributed by atoms with Crippen LogP contribution < -0.4 is 5.32 Å². The zero-order valence-electron chi connectivity index (χ0n) is 12.8. The molecule has 5 heteroatoms. The van der Waals surface area contributed by atoms with E-state index in [2.05, 4.69) is 41.4 Å². The molecule has 2 heterocycles. The number of piperazine rings is 1. The largest absolute Gasteiger partial charge is 0.308 e. The molecule has 0 aromatic carbocycles. The molecule has 1 N–H and O–H groups in total. The first-order valence-corrected chi connectivity index (χ1v) is 8.60.